The van der Waals surface area contributed by atoms with E-state index in [2.05, 4.69) is 10.3 Å². The van der Waals surface area contributed by atoms with Gasteiger partial charge in [0, 0.05) is 29.7 Å². The van der Waals surface area contributed by atoms with E-state index in [1.165, 1.54) is 0 Å². The number of aromatic nitrogens is 1. The van der Waals surface area contributed by atoms with Gasteiger partial charge in [-0.25, -0.2) is 4.98 Å². The molecule has 2 amide bonds. The van der Waals surface area contributed by atoms with Gasteiger partial charge in [-0.3, -0.25) is 9.59 Å². The Balaban J connectivity index is 1.58. The van der Waals surface area contributed by atoms with E-state index in [0.717, 1.165) is 34.8 Å². The van der Waals surface area contributed by atoms with Crippen LogP contribution in [0.1, 0.15) is 52.0 Å². The molecule has 0 radical (unpaired) electrons. The lowest BCUT2D eigenvalue weighted by Gasteiger charge is -2.19. The van der Waals surface area contributed by atoms with Gasteiger partial charge in [-0.15, -0.1) is 11.3 Å². The predicted octanol–water partition coefficient (Wildman–Crippen LogP) is 4.11. The zero-order chi connectivity index (χ0) is 18.3. The molecule has 1 saturated heterocycles. The Bertz CT molecular complexity index is 862. The quantitative estimate of drug-likeness (QED) is 0.836. The Morgan fingerprint density at radius 2 is 2.23 bits per heavy atom. The van der Waals surface area contributed by atoms with Gasteiger partial charge in [0.2, 0.25) is 5.91 Å². The molecule has 1 aliphatic heterocycles. The molecule has 1 N–H and O–H groups in total. The highest BCUT2D eigenvalue weighted by Crippen LogP contribution is 2.42. The lowest BCUT2D eigenvalue weighted by molar-refractivity contribution is -0.117. The molecule has 4 rings (SSSR count). The molecular formula is C19H20ClN3O2S. The first-order valence-electron chi connectivity index (χ1n) is 8.86. The van der Waals surface area contributed by atoms with Gasteiger partial charge in [-0.1, -0.05) is 11.6 Å². The fourth-order valence-corrected chi connectivity index (χ4v) is 4.44. The number of nitrogens with zero attached hydrogens (tertiary/aromatic N) is 2. The van der Waals surface area contributed by atoms with Crippen molar-refractivity contribution in [1.82, 2.24) is 10.3 Å². The van der Waals surface area contributed by atoms with Crippen molar-refractivity contribution in [3.63, 3.8) is 0 Å². The highest BCUT2D eigenvalue weighted by molar-refractivity contribution is 7.11. The number of carbonyl (C=O) groups excluding carboxylic acids is 2. The van der Waals surface area contributed by atoms with Crippen LogP contribution in [-0.2, 0) is 4.79 Å². The van der Waals surface area contributed by atoms with E-state index in [-0.39, 0.29) is 17.9 Å². The average molecular weight is 390 g/mol. The van der Waals surface area contributed by atoms with Gasteiger partial charge in [-0.05, 0) is 50.3 Å². The van der Waals surface area contributed by atoms with Crippen molar-refractivity contribution in [2.45, 2.75) is 38.6 Å². The third kappa shape index (κ3) is 3.48. The van der Waals surface area contributed by atoms with Crippen LogP contribution in [-0.4, -0.2) is 23.3 Å². The van der Waals surface area contributed by atoms with Crippen LogP contribution in [0.2, 0.25) is 5.02 Å². The molecule has 2 heterocycles. The maximum atomic E-state index is 12.9. The molecule has 1 aromatic heterocycles. The van der Waals surface area contributed by atoms with Crippen LogP contribution in [0.3, 0.4) is 0 Å². The van der Waals surface area contributed by atoms with E-state index < -0.39 is 0 Å². The van der Waals surface area contributed by atoms with E-state index in [1.54, 1.807) is 34.4 Å². The van der Waals surface area contributed by atoms with Crippen molar-refractivity contribution >= 4 is 40.4 Å². The summed E-state index contributed by atoms with van der Waals surface area (Å²) in [6.45, 7) is 2.70. The van der Waals surface area contributed by atoms with Crippen LogP contribution < -0.4 is 10.2 Å². The number of hydrogen-bond acceptors (Lipinski definition) is 4. The second-order valence-corrected chi connectivity index (χ2v) is 8.58. The van der Waals surface area contributed by atoms with E-state index in [1.807, 2.05) is 13.1 Å². The van der Waals surface area contributed by atoms with Crippen molar-refractivity contribution in [3.05, 3.63) is 44.9 Å². The molecule has 1 atom stereocenters. The Morgan fingerprint density at radius 1 is 1.42 bits per heavy atom. The first-order valence-corrected chi connectivity index (χ1v) is 10.1. The molecular weight excluding hydrogens is 370 g/mol. The first-order chi connectivity index (χ1) is 12.5. The normalized spacial score (nSPS) is 18.2. The highest BCUT2D eigenvalue weighted by atomic mass is 35.5. The molecule has 136 valence electrons. The second kappa shape index (κ2) is 7.00. The zero-order valence-corrected chi connectivity index (χ0v) is 16.1. The Morgan fingerprint density at radius 3 is 2.85 bits per heavy atom. The van der Waals surface area contributed by atoms with Gasteiger partial charge >= 0.3 is 0 Å². The fourth-order valence-electron chi connectivity index (χ4n) is 3.32. The number of nitrogens with one attached hydrogen (secondary N) is 1. The van der Waals surface area contributed by atoms with Crippen LogP contribution in [0.5, 0.6) is 0 Å². The summed E-state index contributed by atoms with van der Waals surface area (Å²) in [6.07, 6.45) is 5.43. The predicted molar refractivity (Wildman–Crippen MR) is 103 cm³/mol. The second-order valence-electron chi connectivity index (χ2n) is 6.91. The molecule has 2 aromatic rings. The Labute approximate surface area is 161 Å². The molecule has 0 bridgehead atoms. The standard InChI is InChI=1S/C19H20ClN3O2S/c1-11-10-21-19(26-11)17(12-4-5-12)22-18(25)14-9-13(6-7-15(14)20)23-8-2-3-16(23)24/h6-7,9-10,12,17H,2-5,8H2,1H3,(H,22,25). The summed E-state index contributed by atoms with van der Waals surface area (Å²) in [5.74, 6) is 0.313. The largest absolute Gasteiger partial charge is 0.342 e. The first kappa shape index (κ1) is 17.5. The van der Waals surface area contributed by atoms with E-state index in [4.69, 9.17) is 11.6 Å². The van der Waals surface area contributed by atoms with Crippen LogP contribution in [0.4, 0.5) is 5.69 Å². The molecule has 2 fully saturated rings. The number of carbonyl (C=O) groups is 2. The molecule has 2 aliphatic rings. The van der Waals surface area contributed by atoms with E-state index >= 15 is 0 Å². The highest BCUT2D eigenvalue weighted by Gasteiger charge is 2.35. The maximum absolute atomic E-state index is 12.9. The molecule has 1 unspecified atom stereocenters. The zero-order valence-electron chi connectivity index (χ0n) is 14.5. The summed E-state index contributed by atoms with van der Waals surface area (Å²) in [5.41, 5.74) is 1.14. The van der Waals surface area contributed by atoms with Gasteiger partial charge < -0.3 is 10.2 Å². The van der Waals surface area contributed by atoms with Crippen LogP contribution in [0.15, 0.2) is 24.4 Å². The summed E-state index contributed by atoms with van der Waals surface area (Å²) in [6, 6.07) is 5.13. The minimum absolute atomic E-state index is 0.0747. The van der Waals surface area contributed by atoms with Gasteiger partial charge in [0.05, 0.1) is 16.6 Å². The number of hydrogen-bond donors (Lipinski definition) is 1. The summed E-state index contributed by atoms with van der Waals surface area (Å²) in [4.78, 5) is 32.2. The molecule has 1 saturated carbocycles. The molecule has 1 aromatic carbocycles. The van der Waals surface area contributed by atoms with Crippen molar-refractivity contribution in [2.24, 2.45) is 5.92 Å². The van der Waals surface area contributed by atoms with Gasteiger partial charge in [-0.2, -0.15) is 0 Å². The van der Waals surface area contributed by atoms with Crippen molar-refractivity contribution in [3.8, 4) is 0 Å². The molecule has 5 nitrogen and oxygen atoms in total. The smallest absolute Gasteiger partial charge is 0.253 e. The van der Waals surface area contributed by atoms with Crippen LogP contribution >= 0.6 is 22.9 Å². The number of benzene rings is 1. The summed E-state index contributed by atoms with van der Waals surface area (Å²) < 4.78 is 0. The Hall–Kier alpha value is -1.92. The fraction of sp³-hybridized carbons (Fsp3) is 0.421. The lowest BCUT2D eigenvalue weighted by Crippen LogP contribution is -2.30. The molecule has 7 heteroatoms. The lowest BCUT2D eigenvalue weighted by atomic mass is 10.1. The number of aryl methyl sites for hydroxylation is 1. The summed E-state index contributed by atoms with van der Waals surface area (Å²) in [7, 11) is 0. The van der Waals surface area contributed by atoms with Crippen LogP contribution in [0, 0.1) is 12.8 Å². The maximum Gasteiger partial charge on any atom is 0.253 e. The van der Waals surface area contributed by atoms with Crippen molar-refractivity contribution in [2.75, 3.05) is 11.4 Å². The monoisotopic (exact) mass is 389 g/mol. The van der Waals surface area contributed by atoms with Crippen molar-refractivity contribution in [1.29, 1.82) is 0 Å². The summed E-state index contributed by atoms with van der Waals surface area (Å²) in [5, 5.41) is 4.45. The molecule has 26 heavy (non-hydrogen) atoms. The third-order valence-electron chi connectivity index (χ3n) is 4.86. The van der Waals surface area contributed by atoms with Gasteiger partial charge in [0.1, 0.15) is 5.01 Å². The average Bonchev–Trinajstić information content (AvgIpc) is 3.23. The summed E-state index contributed by atoms with van der Waals surface area (Å²) >= 11 is 7.90. The number of halogens is 1. The minimum Gasteiger partial charge on any atom is -0.342 e. The SMILES string of the molecule is Cc1cnc(C(NC(=O)c2cc(N3CCCC3=O)ccc2Cl)C2CC2)s1. The van der Waals surface area contributed by atoms with E-state index in [9.17, 15) is 9.59 Å². The van der Waals surface area contributed by atoms with Gasteiger partial charge in [0.25, 0.3) is 5.91 Å². The number of anilines is 1. The third-order valence-corrected chi connectivity index (χ3v) is 6.19. The molecule has 0 spiro atoms. The topological polar surface area (TPSA) is 62.3 Å². The van der Waals surface area contributed by atoms with E-state index in [0.29, 0.717) is 29.5 Å². The number of thiazole rings is 1. The minimum atomic E-state index is -0.215. The van der Waals surface area contributed by atoms with Crippen LogP contribution in [0.25, 0.3) is 0 Å². The molecule has 1 aliphatic carbocycles. The number of amides is 2. The number of rotatable bonds is 5. The Kier molecular flexibility index (Phi) is 4.71. The van der Waals surface area contributed by atoms with Crippen molar-refractivity contribution < 1.29 is 9.59 Å². The van der Waals surface area contributed by atoms with Gasteiger partial charge in [0.15, 0.2) is 0 Å².